The number of fused-ring (bicyclic) bond motifs is 3. The molecule has 0 spiro atoms. The molecule has 5 heteroatoms. The van der Waals surface area contributed by atoms with Crippen LogP contribution in [0.4, 0.5) is 4.79 Å². The Labute approximate surface area is 189 Å². The molecule has 4 aliphatic rings. The van der Waals surface area contributed by atoms with Gasteiger partial charge in [-0.25, -0.2) is 9.59 Å². The predicted octanol–water partition coefficient (Wildman–Crippen LogP) is 5.73. The Balaban J connectivity index is 1.21. The van der Waals surface area contributed by atoms with Crippen molar-refractivity contribution in [2.24, 2.45) is 10.8 Å². The summed E-state index contributed by atoms with van der Waals surface area (Å²) in [5.41, 5.74) is 4.66. The maximum absolute atomic E-state index is 12.6. The molecule has 5 nitrogen and oxygen atoms in total. The molecule has 1 atom stereocenters. The van der Waals surface area contributed by atoms with E-state index in [2.05, 4.69) is 36.5 Å². The van der Waals surface area contributed by atoms with E-state index in [9.17, 15) is 14.7 Å². The molecular formula is C27H31NO4. The number of aliphatic carboxylic acids is 1. The normalized spacial score (nSPS) is 25.7. The van der Waals surface area contributed by atoms with Crippen molar-refractivity contribution in [2.75, 3.05) is 6.61 Å². The monoisotopic (exact) mass is 433 g/mol. The summed E-state index contributed by atoms with van der Waals surface area (Å²) in [6.07, 6.45) is 6.91. The van der Waals surface area contributed by atoms with Gasteiger partial charge in [-0.15, -0.1) is 0 Å². The third-order valence-corrected chi connectivity index (χ3v) is 7.96. The van der Waals surface area contributed by atoms with E-state index in [1.165, 1.54) is 36.8 Å². The van der Waals surface area contributed by atoms with Crippen LogP contribution in [0.3, 0.4) is 0 Å². The molecule has 4 aliphatic carbocycles. The van der Waals surface area contributed by atoms with Crippen LogP contribution in [-0.4, -0.2) is 29.8 Å². The first kappa shape index (κ1) is 21.0. The molecule has 3 saturated carbocycles. The van der Waals surface area contributed by atoms with Gasteiger partial charge in [0.1, 0.15) is 12.6 Å². The minimum atomic E-state index is -0.958. The number of hydrogen-bond donors (Lipinski definition) is 2. The van der Waals surface area contributed by atoms with Crippen molar-refractivity contribution in [2.45, 2.75) is 63.8 Å². The fourth-order valence-electron chi connectivity index (χ4n) is 6.64. The molecule has 1 unspecified atom stereocenters. The summed E-state index contributed by atoms with van der Waals surface area (Å²) in [6.45, 7) is 2.39. The zero-order valence-electron chi connectivity index (χ0n) is 18.6. The van der Waals surface area contributed by atoms with Gasteiger partial charge in [0.05, 0.1) is 0 Å². The van der Waals surface area contributed by atoms with Crippen LogP contribution in [-0.2, 0) is 9.53 Å². The van der Waals surface area contributed by atoms with E-state index in [4.69, 9.17) is 4.74 Å². The number of nitrogens with one attached hydrogen (secondary N) is 1. The van der Waals surface area contributed by atoms with Crippen LogP contribution in [0.25, 0.3) is 11.1 Å². The number of ether oxygens (including phenoxy) is 1. The second kappa shape index (κ2) is 7.95. The number of benzene rings is 2. The van der Waals surface area contributed by atoms with Gasteiger partial charge >= 0.3 is 12.1 Å². The molecule has 2 aromatic rings. The zero-order valence-corrected chi connectivity index (χ0v) is 18.6. The first-order valence-electron chi connectivity index (χ1n) is 11.8. The SMILES string of the molecule is CCCCCC12CC(C(NC(=O)OCC3c4ccccc4-c4ccccc43)C(=O)O)(C1)C2. The summed E-state index contributed by atoms with van der Waals surface area (Å²) in [5, 5.41) is 12.5. The number of carboxylic acid groups (broad SMARTS) is 1. The molecule has 0 saturated heterocycles. The number of unbranched alkanes of at least 4 members (excludes halogenated alkanes) is 2. The van der Waals surface area contributed by atoms with Gasteiger partial charge in [0, 0.05) is 11.3 Å². The molecule has 32 heavy (non-hydrogen) atoms. The average Bonchev–Trinajstić information content (AvgIpc) is 3.05. The topological polar surface area (TPSA) is 75.6 Å². The van der Waals surface area contributed by atoms with Crippen molar-refractivity contribution in [3.8, 4) is 11.1 Å². The third-order valence-electron chi connectivity index (χ3n) is 7.96. The molecule has 1 amide bonds. The molecule has 2 N–H and O–H groups in total. The van der Waals surface area contributed by atoms with Crippen molar-refractivity contribution in [3.63, 3.8) is 0 Å². The van der Waals surface area contributed by atoms with Gasteiger partial charge in [0.2, 0.25) is 0 Å². The summed E-state index contributed by atoms with van der Waals surface area (Å²) < 4.78 is 5.59. The zero-order chi connectivity index (χ0) is 22.3. The maximum Gasteiger partial charge on any atom is 0.407 e. The van der Waals surface area contributed by atoms with Gasteiger partial charge < -0.3 is 15.2 Å². The minimum absolute atomic E-state index is 0.0341. The number of carbonyl (C=O) groups is 2. The van der Waals surface area contributed by atoms with Crippen molar-refractivity contribution in [1.82, 2.24) is 5.32 Å². The predicted molar refractivity (Wildman–Crippen MR) is 122 cm³/mol. The molecule has 2 aromatic carbocycles. The van der Waals surface area contributed by atoms with Gasteiger partial charge in [0.15, 0.2) is 0 Å². The maximum atomic E-state index is 12.6. The second-order valence-electron chi connectivity index (χ2n) is 10.1. The number of alkyl carbamates (subject to hydrolysis) is 1. The Morgan fingerprint density at radius 2 is 1.62 bits per heavy atom. The lowest BCUT2D eigenvalue weighted by molar-refractivity contribution is -0.228. The Hall–Kier alpha value is -2.82. The number of carboxylic acids is 1. The Morgan fingerprint density at radius 3 is 2.19 bits per heavy atom. The van der Waals surface area contributed by atoms with E-state index >= 15 is 0 Å². The standard InChI is InChI=1S/C27H31NO4/c1-2-3-8-13-26-15-27(16-26,17-26)23(24(29)30)28-25(31)32-14-22-20-11-6-4-9-18(20)19-10-5-7-12-21(19)22/h4-7,9-12,22-23H,2-3,8,13-17H2,1H3,(H,28,31)(H,29,30). The van der Waals surface area contributed by atoms with Crippen LogP contribution in [0.1, 0.15) is 68.9 Å². The summed E-state index contributed by atoms with van der Waals surface area (Å²) in [6, 6.07) is 15.5. The molecule has 3 fully saturated rings. The Kier molecular flexibility index (Phi) is 5.23. The van der Waals surface area contributed by atoms with E-state index in [1.54, 1.807) is 0 Å². The fourth-order valence-corrected chi connectivity index (χ4v) is 6.64. The van der Waals surface area contributed by atoms with E-state index in [0.29, 0.717) is 5.41 Å². The van der Waals surface area contributed by atoms with Crippen LogP contribution in [0.2, 0.25) is 0 Å². The highest BCUT2D eigenvalue weighted by atomic mass is 16.5. The molecule has 168 valence electrons. The number of amides is 1. The Bertz CT molecular complexity index is 980. The summed E-state index contributed by atoms with van der Waals surface area (Å²) in [5.74, 6) is -0.992. The molecule has 6 rings (SSSR count). The molecular weight excluding hydrogens is 402 g/mol. The molecule has 2 bridgehead atoms. The first-order valence-corrected chi connectivity index (χ1v) is 11.8. The first-order chi connectivity index (χ1) is 15.5. The van der Waals surface area contributed by atoms with E-state index < -0.39 is 18.1 Å². The Morgan fingerprint density at radius 1 is 1.03 bits per heavy atom. The highest BCUT2D eigenvalue weighted by Gasteiger charge is 2.71. The molecule has 0 aliphatic heterocycles. The molecule has 0 heterocycles. The summed E-state index contributed by atoms with van der Waals surface area (Å²) in [4.78, 5) is 24.6. The van der Waals surface area contributed by atoms with Crippen molar-refractivity contribution >= 4 is 12.1 Å². The van der Waals surface area contributed by atoms with Gasteiger partial charge in [-0.1, -0.05) is 74.7 Å². The van der Waals surface area contributed by atoms with Crippen LogP contribution in [0.15, 0.2) is 48.5 Å². The lowest BCUT2D eigenvalue weighted by atomic mass is 9.32. The van der Waals surface area contributed by atoms with Crippen molar-refractivity contribution in [1.29, 1.82) is 0 Å². The quantitative estimate of drug-likeness (QED) is 0.495. The fraction of sp³-hybridized carbons (Fsp3) is 0.481. The van der Waals surface area contributed by atoms with Crippen molar-refractivity contribution < 1.29 is 19.4 Å². The third kappa shape index (κ3) is 3.39. The van der Waals surface area contributed by atoms with Crippen LogP contribution < -0.4 is 5.32 Å². The largest absolute Gasteiger partial charge is 0.480 e. The number of hydrogen-bond acceptors (Lipinski definition) is 3. The lowest BCUT2D eigenvalue weighted by Gasteiger charge is -2.72. The van der Waals surface area contributed by atoms with Gasteiger partial charge in [-0.05, 0) is 53.4 Å². The average molecular weight is 434 g/mol. The minimum Gasteiger partial charge on any atom is -0.480 e. The smallest absolute Gasteiger partial charge is 0.407 e. The summed E-state index contributed by atoms with van der Waals surface area (Å²) in [7, 11) is 0. The molecule has 0 aromatic heterocycles. The van der Waals surface area contributed by atoms with E-state index in [1.807, 2.05) is 24.3 Å². The second-order valence-corrected chi connectivity index (χ2v) is 10.1. The van der Waals surface area contributed by atoms with Gasteiger partial charge in [-0.3, -0.25) is 0 Å². The van der Waals surface area contributed by atoms with E-state index in [-0.39, 0.29) is 17.9 Å². The summed E-state index contributed by atoms with van der Waals surface area (Å²) >= 11 is 0. The number of carbonyl (C=O) groups excluding carboxylic acids is 1. The van der Waals surface area contributed by atoms with E-state index in [0.717, 1.165) is 30.4 Å². The lowest BCUT2D eigenvalue weighted by Crippen LogP contribution is -2.71. The molecule has 0 radical (unpaired) electrons. The van der Waals surface area contributed by atoms with Gasteiger partial charge in [-0.2, -0.15) is 0 Å². The van der Waals surface area contributed by atoms with Crippen LogP contribution in [0.5, 0.6) is 0 Å². The highest BCUT2D eigenvalue weighted by molar-refractivity contribution is 5.82. The van der Waals surface area contributed by atoms with Gasteiger partial charge in [0.25, 0.3) is 0 Å². The van der Waals surface area contributed by atoms with Crippen LogP contribution in [0, 0.1) is 10.8 Å². The number of rotatable bonds is 9. The van der Waals surface area contributed by atoms with Crippen LogP contribution >= 0.6 is 0 Å². The highest BCUT2D eigenvalue weighted by Crippen LogP contribution is 2.76. The van der Waals surface area contributed by atoms with Crippen molar-refractivity contribution in [3.05, 3.63) is 59.7 Å².